The van der Waals surface area contributed by atoms with Crippen LogP contribution in [-0.2, 0) is 4.74 Å². The molecule has 0 radical (unpaired) electrons. The third-order valence-corrected chi connectivity index (χ3v) is 2.35. The normalized spacial score (nSPS) is 9.89. The summed E-state index contributed by atoms with van der Waals surface area (Å²) in [7, 11) is 1.28. The number of nitrogens with zero attached hydrogens (tertiary/aromatic N) is 1. The van der Waals surface area contributed by atoms with Gasteiger partial charge in [-0.3, -0.25) is 10.1 Å². The summed E-state index contributed by atoms with van der Waals surface area (Å²) in [6.45, 7) is 2.27. The van der Waals surface area contributed by atoms with Crippen molar-refractivity contribution >= 4 is 11.7 Å². The van der Waals surface area contributed by atoms with Crippen molar-refractivity contribution in [1.29, 1.82) is 0 Å². The number of ether oxygens (including phenoxy) is 2. The number of hydrogen-bond acceptors (Lipinski definition) is 5. The third-order valence-electron chi connectivity index (χ3n) is 2.35. The summed E-state index contributed by atoms with van der Waals surface area (Å²) in [4.78, 5) is 21.9. The Bertz CT molecular complexity index is 444. The van der Waals surface area contributed by atoms with Crippen LogP contribution in [0.4, 0.5) is 5.69 Å². The number of nitro benzene ring substituents is 1. The maximum absolute atomic E-state index is 11.7. The number of rotatable bonds is 6. The Hall–Kier alpha value is -2.11. The van der Waals surface area contributed by atoms with Gasteiger partial charge in [-0.2, -0.15) is 0 Å². The molecule has 0 spiro atoms. The van der Waals surface area contributed by atoms with Gasteiger partial charge in [0.1, 0.15) is 5.56 Å². The molecule has 6 nitrogen and oxygen atoms in total. The zero-order chi connectivity index (χ0) is 13.5. The molecule has 0 N–H and O–H groups in total. The van der Waals surface area contributed by atoms with Crippen molar-refractivity contribution in [3.63, 3.8) is 0 Å². The molecule has 1 aromatic carbocycles. The van der Waals surface area contributed by atoms with Crippen LogP contribution in [0, 0.1) is 10.1 Å². The molecule has 0 atom stereocenters. The smallest absolute Gasteiger partial charge is 0.342 e. The quantitative estimate of drug-likeness (QED) is 0.337. The average molecular weight is 253 g/mol. The van der Waals surface area contributed by atoms with Gasteiger partial charge in [0.25, 0.3) is 0 Å². The van der Waals surface area contributed by atoms with Crippen LogP contribution in [0.15, 0.2) is 18.2 Å². The maximum Gasteiger partial charge on any atom is 0.342 e. The van der Waals surface area contributed by atoms with E-state index in [4.69, 9.17) is 9.47 Å². The third kappa shape index (κ3) is 3.19. The monoisotopic (exact) mass is 253 g/mol. The van der Waals surface area contributed by atoms with E-state index in [2.05, 4.69) is 0 Å². The van der Waals surface area contributed by atoms with Gasteiger partial charge in [-0.1, -0.05) is 19.4 Å². The Morgan fingerprint density at radius 2 is 2.17 bits per heavy atom. The Kier molecular flexibility index (Phi) is 5.10. The van der Waals surface area contributed by atoms with E-state index in [1.54, 1.807) is 0 Å². The molecule has 0 aliphatic heterocycles. The highest BCUT2D eigenvalue weighted by Crippen LogP contribution is 2.30. The second-order valence-electron chi connectivity index (χ2n) is 3.60. The molecule has 0 amide bonds. The first-order valence-electron chi connectivity index (χ1n) is 5.60. The number of hydrogen-bond donors (Lipinski definition) is 0. The van der Waals surface area contributed by atoms with Crippen LogP contribution in [-0.4, -0.2) is 24.6 Å². The molecule has 0 saturated heterocycles. The van der Waals surface area contributed by atoms with Crippen molar-refractivity contribution in [3.8, 4) is 5.75 Å². The van der Waals surface area contributed by atoms with Gasteiger partial charge in [0.05, 0.1) is 18.6 Å². The Morgan fingerprint density at radius 1 is 1.44 bits per heavy atom. The zero-order valence-electron chi connectivity index (χ0n) is 10.3. The van der Waals surface area contributed by atoms with Crippen molar-refractivity contribution in [2.75, 3.05) is 13.7 Å². The predicted octanol–water partition coefficient (Wildman–Crippen LogP) is 2.56. The largest absolute Gasteiger partial charge is 0.490 e. The van der Waals surface area contributed by atoms with E-state index in [9.17, 15) is 14.9 Å². The highest BCUT2D eigenvalue weighted by molar-refractivity contribution is 5.94. The second kappa shape index (κ2) is 6.58. The van der Waals surface area contributed by atoms with Crippen LogP contribution in [0.5, 0.6) is 5.75 Å². The van der Waals surface area contributed by atoms with Gasteiger partial charge in [-0.25, -0.2) is 4.79 Å². The summed E-state index contributed by atoms with van der Waals surface area (Å²) >= 11 is 0. The molecule has 0 heterocycles. The van der Waals surface area contributed by atoms with Gasteiger partial charge in [0, 0.05) is 6.07 Å². The zero-order valence-corrected chi connectivity index (χ0v) is 10.3. The second-order valence-corrected chi connectivity index (χ2v) is 3.60. The van der Waals surface area contributed by atoms with Crippen LogP contribution in [0.2, 0.25) is 0 Å². The molecular formula is C12H15NO5. The van der Waals surface area contributed by atoms with Crippen molar-refractivity contribution in [2.45, 2.75) is 19.8 Å². The van der Waals surface area contributed by atoms with Gasteiger partial charge in [-0.15, -0.1) is 0 Å². The SMILES string of the molecule is CCCCOC(=O)c1cccc([N+](=O)[O-])c1OC. The van der Waals surface area contributed by atoms with E-state index < -0.39 is 10.9 Å². The number of carbonyl (C=O) groups is 1. The van der Waals surface area contributed by atoms with E-state index in [-0.39, 0.29) is 17.0 Å². The average Bonchev–Trinajstić information content (AvgIpc) is 2.37. The predicted molar refractivity (Wildman–Crippen MR) is 64.8 cm³/mol. The van der Waals surface area contributed by atoms with Crippen molar-refractivity contribution in [2.24, 2.45) is 0 Å². The van der Waals surface area contributed by atoms with Gasteiger partial charge >= 0.3 is 11.7 Å². The number of unbranched alkanes of at least 4 members (excludes halogenated alkanes) is 1. The van der Waals surface area contributed by atoms with Gasteiger partial charge < -0.3 is 9.47 Å². The summed E-state index contributed by atoms with van der Waals surface area (Å²) in [6, 6.07) is 4.15. The van der Waals surface area contributed by atoms with Crippen LogP contribution in [0.25, 0.3) is 0 Å². The number of benzene rings is 1. The van der Waals surface area contributed by atoms with Gasteiger partial charge in [-0.05, 0) is 12.5 Å². The number of para-hydroxylation sites is 1. The van der Waals surface area contributed by atoms with Crippen molar-refractivity contribution in [3.05, 3.63) is 33.9 Å². The van der Waals surface area contributed by atoms with Gasteiger partial charge in [0.2, 0.25) is 5.75 Å². The van der Waals surface area contributed by atoms with E-state index in [1.807, 2.05) is 6.92 Å². The standard InChI is InChI=1S/C12H15NO5/c1-3-4-8-18-12(14)9-6-5-7-10(13(15)16)11(9)17-2/h5-7H,3-4,8H2,1-2H3. The topological polar surface area (TPSA) is 78.7 Å². The first-order valence-corrected chi connectivity index (χ1v) is 5.60. The molecular weight excluding hydrogens is 238 g/mol. The van der Waals surface area contributed by atoms with E-state index in [1.165, 1.54) is 25.3 Å². The summed E-state index contributed by atoms with van der Waals surface area (Å²) in [6.07, 6.45) is 1.66. The minimum Gasteiger partial charge on any atom is -0.490 e. The van der Waals surface area contributed by atoms with Crippen molar-refractivity contribution < 1.29 is 19.2 Å². The van der Waals surface area contributed by atoms with Crippen LogP contribution in [0.1, 0.15) is 30.1 Å². The molecule has 0 fully saturated rings. The number of esters is 1. The van der Waals surface area contributed by atoms with Crippen LogP contribution >= 0.6 is 0 Å². The molecule has 0 aliphatic carbocycles. The molecule has 0 aliphatic rings. The first-order chi connectivity index (χ1) is 8.61. The number of methoxy groups -OCH3 is 1. The molecule has 0 bridgehead atoms. The molecule has 0 unspecified atom stereocenters. The molecule has 0 aromatic heterocycles. The van der Waals surface area contributed by atoms with Crippen molar-refractivity contribution in [1.82, 2.24) is 0 Å². The van der Waals surface area contributed by atoms with Crippen LogP contribution in [0.3, 0.4) is 0 Å². The lowest BCUT2D eigenvalue weighted by molar-refractivity contribution is -0.385. The Morgan fingerprint density at radius 3 is 2.72 bits per heavy atom. The summed E-state index contributed by atoms with van der Waals surface area (Å²) in [5.41, 5.74) is -0.176. The fraction of sp³-hybridized carbons (Fsp3) is 0.417. The molecule has 1 aromatic rings. The summed E-state index contributed by atoms with van der Waals surface area (Å²) < 4.78 is 9.93. The van der Waals surface area contributed by atoms with Gasteiger partial charge in [0.15, 0.2) is 0 Å². The highest BCUT2D eigenvalue weighted by atomic mass is 16.6. The lowest BCUT2D eigenvalue weighted by Crippen LogP contribution is -2.09. The molecule has 0 saturated carbocycles. The fourth-order valence-electron chi connectivity index (χ4n) is 1.43. The Labute approximate surface area is 105 Å². The van der Waals surface area contributed by atoms with E-state index >= 15 is 0 Å². The minimum absolute atomic E-state index is 0.0657. The molecule has 1 rings (SSSR count). The van der Waals surface area contributed by atoms with Crippen LogP contribution < -0.4 is 4.74 Å². The maximum atomic E-state index is 11.7. The van der Waals surface area contributed by atoms with E-state index in [0.717, 1.165) is 12.8 Å². The fourth-order valence-corrected chi connectivity index (χ4v) is 1.43. The number of carbonyl (C=O) groups excluding carboxylic acids is 1. The lowest BCUT2D eigenvalue weighted by Gasteiger charge is -2.08. The molecule has 18 heavy (non-hydrogen) atoms. The first kappa shape index (κ1) is 14.0. The number of nitro groups is 1. The summed E-state index contributed by atoms with van der Waals surface area (Å²) in [5, 5.41) is 10.8. The highest BCUT2D eigenvalue weighted by Gasteiger charge is 2.23. The van der Waals surface area contributed by atoms with E-state index in [0.29, 0.717) is 6.61 Å². The molecule has 98 valence electrons. The molecule has 6 heteroatoms. The minimum atomic E-state index is -0.607. The Balaban J connectivity index is 2.97. The lowest BCUT2D eigenvalue weighted by atomic mass is 10.1. The summed E-state index contributed by atoms with van der Waals surface area (Å²) in [5.74, 6) is -0.673.